The lowest BCUT2D eigenvalue weighted by atomic mass is 9.85. The Morgan fingerprint density at radius 2 is 1.29 bits per heavy atom. The number of nitrogens with zero attached hydrogens (tertiary/aromatic N) is 2. The molecule has 0 radical (unpaired) electrons. The smallest absolute Gasteiger partial charge is 0.262 e. The first-order valence-corrected chi connectivity index (χ1v) is 12.2. The number of carbonyl (C=O) groups is 3. The van der Waals surface area contributed by atoms with Crippen LogP contribution >= 0.6 is 0 Å². The van der Waals surface area contributed by atoms with Gasteiger partial charge in [-0.15, -0.1) is 0 Å². The van der Waals surface area contributed by atoms with E-state index in [9.17, 15) is 14.4 Å². The van der Waals surface area contributed by atoms with Crippen molar-refractivity contribution in [3.63, 3.8) is 0 Å². The summed E-state index contributed by atoms with van der Waals surface area (Å²) in [4.78, 5) is 42.8. The number of likely N-dealkylation sites (tertiary alicyclic amines) is 1. The SMILES string of the molecule is COc1ccc([C@@H]2C(N3C(=O)[C@H](OC)[C@@H](OC)C3=O)C(=O)N2c2ccccc2)c(OCc2ccccc2)c1. The molecule has 0 N–H and O–H groups in total. The van der Waals surface area contributed by atoms with E-state index in [4.69, 9.17) is 18.9 Å². The molecule has 2 fully saturated rings. The lowest BCUT2D eigenvalue weighted by molar-refractivity contribution is -0.153. The van der Waals surface area contributed by atoms with Crippen molar-refractivity contribution in [1.82, 2.24) is 4.90 Å². The van der Waals surface area contributed by atoms with Crippen molar-refractivity contribution >= 4 is 23.4 Å². The Morgan fingerprint density at radius 1 is 0.684 bits per heavy atom. The molecule has 0 saturated carbocycles. The Bertz CT molecular complexity index is 1310. The lowest BCUT2D eigenvalue weighted by Gasteiger charge is -2.50. The quantitative estimate of drug-likeness (QED) is 0.319. The van der Waals surface area contributed by atoms with Gasteiger partial charge in [0.1, 0.15) is 24.1 Å². The van der Waals surface area contributed by atoms with Crippen LogP contribution in [0.4, 0.5) is 5.69 Å². The van der Waals surface area contributed by atoms with Crippen LogP contribution in [-0.2, 0) is 30.5 Å². The summed E-state index contributed by atoms with van der Waals surface area (Å²) in [5, 5.41) is 0. The molecule has 38 heavy (non-hydrogen) atoms. The monoisotopic (exact) mass is 516 g/mol. The van der Waals surface area contributed by atoms with Crippen molar-refractivity contribution in [1.29, 1.82) is 0 Å². The van der Waals surface area contributed by atoms with E-state index in [0.717, 1.165) is 10.5 Å². The van der Waals surface area contributed by atoms with Crippen LogP contribution < -0.4 is 14.4 Å². The summed E-state index contributed by atoms with van der Waals surface area (Å²) in [6.45, 7) is 0.275. The van der Waals surface area contributed by atoms with Crippen LogP contribution in [0, 0.1) is 0 Å². The third-order valence-electron chi connectivity index (χ3n) is 6.90. The third kappa shape index (κ3) is 4.29. The number of imide groups is 1. The van der Waals surface area contributed by atoms with Crippen LogP contribution in [0.5, 0.6) is 11.5 Å². The molecule has 1 unspecified atom stereocenters. The highest BCUT2D eigenvalue weighted by Crippen LogP contribution is 2.47. The minimum absolute atomic E-state index is 0.275. The van der Waals surface area contributed by atoms with E-state index < -0.39 is 36.1 Å². The summed E-state index contributed by atoms with van der Waals surface area (Å²) in [6.07, 6.45) is -2.26. The van der Waals surface area contributed by atoms with Gasteiger partial charge in [-0.3, -0.25) is 19.3 Å². The maximum absolute atomic E-state index is 13.7. The Labute approximate surface area is 220 Å². The number of benzene rings is 3. The zero-order chi connectivity index (χ0) is 26.8. The molecule has 2 heterocycles. The molecule has 9 nitrogen and oxygen atoms in total. The predicted octanol–water partition coefficient (Wildman–Crippen LogP) is 3.13. The van der Waals surface area contributed by atoms with E-state index in [-0.39, 0.29) is 12.5 Å². The molecule has 2 aliphatic heterocycles. The van der Waals surface area contributed by atoms with Gasteiger partial charge in [0.05, 0.1) is 13.2 Å². The molecule has 2 saturated heterocycles. The van der Waals surface area contributed by atoms with Crippen molar-refractivity contribution in [3.8, 4) is 11.5 Å². The summed E-state index contributed by atoms with van der Waals surface area (Å²) in [7, 11) is 4.22. The first-order chi connectivity index (χ1) is 18.5. The number of β-lactam (4-membered cyclic amide) rings is 1. The predicted molar refractivity (Wildman–Crippen MR) is 138 cm³/mol. The maximum atomic E-state index is 13.7. The van der Waals surface area contributed by atoms with E-state index in [2.05, 4.69) is 0 Å². The Kier molecular flexibility index (Phi) is 7.13. The molecule has 0 aliphatic carbocycles. The summed E-state index contributed by atoms with van der Waals surface area (Å²) < 4.78 is 22.2. The zero-order valence-corrected chi connectivity index (χ0v) is 21.3. The average Bonchev–Trinajstić information content (AvgIpc) is 3.19. The lowest BCUT2D eigenvalue weighted by Crippen LogP contribution is -2.67. The van der Waals surface area contributed by atoms with Gasteiger partial charge in [0.15, 0.2) is 12.2 Å². The summed E-state index contributed by atoms with van der Waals surface area (Å²) in [6, 6.07) is 22.3. The fourth-order valence-corrected chi connectivity index (χ4v) is 5.02. The molecule has 0 bridgehead atoms. The topological polar surface area (TPSA) is 94.6 Å². The average molecular weight is 517 g/mol. The van der Waals surface area contributed by atoms with E-state index >= 15 is 0 Å². The molecule has 9 heteroatoms. The van der Waals surface area contributed by atoms with Gasteiger partial charge in [-0.1, -0.05) is 48.5 Å². The standard InChI is InChI=1S/C29H28N2O7/c1-35-20-14-15-21(22(16-20)38-17-18-10-6-4-7-11-18)23-24(27(32)30(23)19-12-8-5-9-13-19)31-28(33)25(36-2)26(37-3)29(31)34/h4-16,23-26H,17H2,1-3H3/t23-,24?,25-,26-/m1/s1. The van der Waals surface area contributed by atoms with Crippen LogP contribution in [0.2, 0.25) is 0 Å². The summed E-state index contributed by atoms with van der Waals surface area (Å²) in [5.74, 6) is -0.569. The minimum atomic E-state index is -1.13. The molecular formula is C29H28N2O7. The second kappa shape index (κ2) is 10.6. The van der Waals surface area contributed by atoms with E-state index in [1.165, 1.54) is 14.2 Å². The van der Waals surface area contributed by atoms with Crippen LogP contribution in [0.25, 0.3) is 0 Å². The number of para-hydroxylation sites is 1. The van der Waals surface area contributed by atoms with Gasteiger partial charge in [0.25, 0.3) is 17.7 Å². The zero-order valence-electron chi connectivity index (χ0n) is 21.3. The Balaban J connectivity index is 1.58. The number of hydrogen-bond donors (Lipinski definition) is 0. The first-order valence-electron chi connectivity index (χ1n) is 12.2. The second-order valence-electron chi connectivity index (χ2n) is 8.97. The molecule has 0 aromatic heterocycles. The number of amides is 3. The first kappa shape index (κ1) is 25.4. The van der Waals surface area contributed by atoms with Gasteiger partial charge in [0, 0.05) is 31.5 Å². The number of rotatable bonds is 9. The normalized spacial score (nSPS) is 23.0. The van der Waals surface area contributed by atoms with Gasteiger partial charge in [-0.25, -0.2) is 0 Å². The van der Waals surface area contributed by atoms with Gasteiger partial charge >= 0.3 is 0 Å². The molecule has 0 spiro atoms. The molecular weight excluding hydrogens is 488 g/mol. The Morgan fingerprint density at radius 3 is 1.87 bits per heavy atom. The molecule has 196 valence electrons. The largest absolute Gasteiger partial charge is 0.497 e. The number of carbonyl (C=O) groups excluding carboxylic acids is 3. The number of methoxy groups -OCH3 is 3. The summed E-state index contributed by atoms with van der Waals surface area (Å²) in [5.41, 5.74) is 2.22. The fourth-order valence-electron chi connectivity index (χ4n) is 5.02. The van der Waals surface area contributed by atoms with E-state index in [0.29, 0.717) is 22.7 Å². The highest BCUT2D eigenvalue weighted by Gasteiger charge is 2.61. The molecule has 3 amide bonds. The molecule has 3 aromatic carbocycles. The van der Waals surface area contributed by atoms with Crippen LogP contribution in [0.15, 0.2) is 78.9 Å². The Hall–Kier alpha value is -4.21. The van der Waals surface area contributed by atoms with Crippen molar-refractivity contribution in [2.75, 3.05) is 26.2 Å². The maximum Gasteiger partial charge on any atom is 0.262 e. The fraction of sp³-hybridized carbons (Fsp3) is 0.276. The second-order valence-corrected chi connectivity index (χ2v) is 8.97. The molecule has 3 aromatic rings. The highest BCUT2D eigenvalue weighted by molar-refractivity contribution is 6.16. The number of ether oxygens (including phenoxy) is 4. The van der Waals surface area contributed by atoms with Crippen LogP contribution in [-0.4, -0.2) is 62.2 Å². The van der Waals surface area contributed by atoms with E-state index in [1.807, 2.05) is 48.5 Å². The van der Waals surface area contributed by atoms with E-state index in [1.54, 1.807) is 42.3 Å². The number of hydrogen-bond acceptors (Lipinski definition) is 7. The molecule has 2 aliphatic rings. The number of anilines is 1. The van der Waals surface area contributed by atoms with Crippen molar-refractivity contribution in [3.05, 3.63) is 90.0 Å². The van der Waals surface area contributed by atoms with Crippen molar-refractivity contribution < 1.29 is 33.3 Å². The van der Waals surface area contributed by atoms with Crippen LogP contribution in [0.1, 0.15) is 17.2 Å². The van der Waals surface area contributed by atoms with Gasteiger partial charge in [-0.2, -0.15) is 0 Å². The molecule has 5 rings (SSSR count). The highest BCUT2D eigenvalue weighted by atomic mass is 16.5. The summed E-state index contributed by atoms with van der Waals surface area (Å²) >= 11 is 0. The van der Waals surface area contributed by atoms with Gasteiger partial charge in [0.2, 0.25) is 0 Å². The minimum Gasteiger partial charge on any atom is -0.497 e. The molecule has 4 atom stereocenters. The third-order valence-corrected chi connectivity index (χ3v) is 6.90. The van der Waals surface area contributed by atoms with Gasteiger partial charge < -0.3 is 23.8 Å². The van der Waals surface area contributed by atoms with Crippen LogP contribution in [0.3, 0.4) is 0 Å². The van der Waals surface area contributed by atoms with Crippen molar-refractivity contribution in [2.45, 2.75) is 30.9 Å². The van der Waals surface area contributed by atoms with Gasteiger partial charge in [-0.05, 0) is 29.8 Å². The van der Waals surface area contributed by atoms with Crippen molar-refractivity contribution in [2.24, 2.45) is 0 Å².